The minimum absolute atomic E-state index is 0.0891. The van der Waals surface area contributed by atoms with Crippen LogP contribution in [0.4, 0.5) is 0 Å². The number of carboxylic acid groups (broad SMARTS) is 1. The average Bonchev–Trinajstić information content (AvgIpc) is 2.39. The van der Waals surface area contributed by atoms with E-state index in [9.17, 15) is 13.2 Å². The van der Waals surface area contributed by atoms with Gasteiger partial charge in [-0.3, -0.25) is 4.79 Å². The first-order valence-electron chi connectivity index (χ1n) is 5.55. The molecule has 0 fully saturated rings. The average molecular weight is 282 g/mol. The number of hydrogen-bond acceptors (Lipinski definition) is 4. The standard InChI is InChI=1S/C12H14N2O4S/c1-3-11(12(15)16)14(2)19(17,18)10-6-4-5-9(7-10)8-13/h4-7,11H,3H2,1-2H3,(H,15,16). The lowest BCUT2D eigenvalue weighted by Crippen LogP contribution is -2.41. The Labute approximate surface area is 111 Å². The minimum atomic E-state index is -3.93. The summed E-state index contributed by atoms with van der Waals surface area (Å²) in [6.07, 6.45) is 0.156. The van der Waals surface area contributed by atoms with Crippen LogP contribution in [0.3, 0.4) is 0 Å². The number of nitrogens with zero attached hydrogens (tertiary/aromatic N) is 2. The van der Waals surface area contributed by atoms with E-state index in [1.165, 1.54) is 31.3 Å². The number of sulfonamides is 1. The van der Waals surface area contributed by atoms with Gasteiger partial charge in [-0.05, 0) is 24.6 Å². The molecule has 0 heterocycles. The number of hydrogen-bond donors (Lipinski definition) is 1. The molecule has 1 rings (SSSR count). The zero-order valence-electron chi connectivity index (χ0n) is 10.6. The number of rotatable bonds is 5. The van der Waals surface area contributed by atoms with Gasteiger partial charge in [0.25, 0.3) is 0 Å². The molecule has 1 aromatic carbocycles. The number of aliphatic carboxylic acids is 1. The molecule has 1 N–H and O–H groups in total. The summed E-state index contributed by atoms with van der Waals surface area (Å²) in [5.41, 5.74) is 0.206. The first-order valence-corrected chi connectivity index (χ1v) is 6.99. The van der Waals surface area contributed by atoms with Gasteiger partial charge in [0.15, 0.2) is 0 Å². The van der Waals surface area contributed by atoms with E-state index in [1.807, 2.05) is 6.07 Å². The lowest BCUT2D eigenvalue weighted by atomic mass is 10.2. The first-order chi connectivity index (χ1) is 8.84. The fourth-order valence-corrected chi connectivity index (χ4v) is 3.08. The summed E-state index contributed by atoms with van der Waals surface area (Å²) >= 11 is 0. The Hall–Kier alpha value is -1.91. The maximum absolute atomic E-state index is 12.3. The third kappa shape index (κ3) is 3.10. The third-order valence-corrected chi connectivity index (χ3v) is 4.61. The predicted octanol–water partition coefficient (Wildman–Crippen LogP) is 1.04. The monoisotopic (exact) mass is 282 g/mol. The molecule has 0 amide bonds. The third-order valence-electron chi connectivity index (χ3n) is 2.75. The molecular weight excluding hydrogens is 268 g/mol. The van der Waals surface area contributed by atoms with Gasteiger partial charge >= 0.3 is 5.97 Å². The molecule has 6 nitrogen and oxygen atoms in total. The van der Waals surface area contributed by atoms with E-state index in [4.69, 9.17) is 10.4 Å². The van der Waals surface area contributed by atoms with Crippen molar-refractivity contribution in [2.45, 2.75) is 24.3 Å². The molecule has 19 heavy (non-hydrogen) atoms. The van der Waals surface area contributed by atoms with Gasteiger partial charge in [-0.1, -0.05) is 13.0 Å². The van der Waals surface area contributed by atoms with Gasteiger partial charge < -0.3 is 5.11 Å². The number of benzene rings is 1. The second-order valence-electron chi connectivity index (χ2n) is 3.92. The van der Waals surface area contributed by atoms with Gasteiger partial charge in [-0.2, -0.15) is 9.57 Å². The zero-order chi connectivity index (χ0) is 14.6. The molecule has 7 heteroatoms. The Kier molecular flexibility index (Phi) is 4.64. The van der Waals surface area contributed by atoms with Crippen molar-refractivity contribution in [1.29, 1.82) is 5.26 Å². The molecule has 0 spiro atoms. The molecule has 0 aromatic heterocycles. The lowest BCUT2D eigenvalue weighted by molar-refractivity contribution is -0.141. The maximum atomic E-state index is 12.3. The van der Waals surface area contributed by atoms with Crippen LogP contribution in [0, 0.1) is 11.3 Å². The number of likely N-dealkylation sites (N-methyl/N-ethyl adjacent to an activating group) is 1. The molecule has 1 unspecified atom stereocenters. The van der Waals surface area contributed by atoms with Crippen LogP contribution in [0.2, 0.25) is 0 Å². The fourth-order valence-electron chi connectivity index (χ4n) is 1.65. The van der Waals surface area contributed by atoms with Crippen LogP contribution < -0.4 is 0 Å². The smallest absolute Gasteiger partial charge is 0.321 e. The van der Waals surface area contributed by atoms with Gasteiger partial charge in [0.05, 0.1) is 16.5 Å². The summed E-state index contributed by atoms with van der Waals surface area (Å²) in [5.74, 6) is -1.20. The van der Waals surface area contributed by atoms with Gasteiger partial charge in [0.2, 0.25) is 10.0 Å². The minimum Gasteiger partial charge on any atom is -0.480 e. The quantitative estimate of drug-likeness (QED) is 0.870. The molecule has 0 aliphatic carbocycles. The second kappa shape index (κ2) is 5.82. The molecular formula is C12H14N2O4S. The van der Waals surface area contributed by atoms with Crippen LogP contribution in [-0.4, -0.2) is 36.9 Å². The summed E-state index contributed by atoms with van der Waals surface area (Å²) < 4.78 is 25.3. The van der Waals surface area contributed by atoms with Crippen LogP contribution in [0.1, 0.15) is 18.9 Å². The Morgan fingerprint density at radius 2 is 2.16 bits per heavy atom. The Balaban J connectivity index is 3.23. The van der Waals surface area contributed by atoms with Gasteiger partial charge in [0, 0.05) is 7.05 Å². The van der Waals surface area contributed by atoms with E-state index in [0.29, 0.717) is 0 Å². The van der Waals surface area contributed by atoms with Gasteiger partial charge in [-0.25, -0.2) is 8.42 Å². The number of carboxylic acids is 1. The van der Waals surface area contributed by atoms with Crippen molar-refractivity contribution in [3.05, 3.63) is 29.8 Å². The molecule has 102 valence electrons. The fraction of sp³-hybridized carbons (Fsp3) is 0.333. The van der Waals surface area contributed by atoms with Crippen molar-refractivity contribution >= 4 is 16.0 Å². The maximum Gasteiger partial charge on any atom is 0.321 e. The van der Waals surface area contributed by atoms with Crippen LogP contribution in [0.25, 0.3) is 0 Å². The highest BCUT2D eigenvalue weighted by molar-refractivity contribution is 7.89. The van der Waals surface area contributed by atoms with Crippen LogP contribution >= 0.6 is 0 Å². The molecule has 0 saturated carbocycles. The summed E-state index contributed by atoms with van der Waals surface area (Å²) in [4.78, 5) is 10.9. The van der Waals surface area contributed by atoms with Crippen LogP contribution in [0.15, 0.2) is 29.2 Å². The van der Waals surface area contributed by atoms with E-state index in [0.717, 1.165) is 4.31 Å². The topological polar surface area (TPSA) is 98.5 Å². The molecule has 0 bridgehead atoms. The summed E-state index contributed by atoms with van der Waals surface area (Å²) in [7, 11) is -2.71. The van der Waals surface area contributed by atoms with Crippen molar-refractivity contribution in [2.75, 3.05) is 7.05 Å². The zero-order valence-corrected chi connectivity index (χ0v) is 11.4. The number of carbonyl (C=O) groups is 1. The summed E-state index contributed by atoms with van der Waals surface area (Å²) in [5, 5.41) is 17.8. The second-order valence-corrected chi connectivity index (χ2v) is 5.92. The lowest BCUT2D eigenvalue weighted by Gasteiger charge is -2.23. The van der Waals surface area contributed by atoms with Crippen molar-refractivity contribution < 1.29 is 18.3 Å². The SMILES string of the molecule is CCC(C(=O)O)N(C)S(=O)(=O)c1cccc(C#N)c1. The highest BCUT2D eigenvalue weighted by Crippen LogP contribution is 2.19. The molecule has 0 saturated heterocycles. The number of nitriles is 1. The van der Waals surface area contributed by atoms with E-state index >= 15 is 0 Å². The van der Waals surface area contributed by atoms with E-state index in [-0.39, 0.29) is 16.9 Å². The first kappa shape index (κ1) is 15.1. The van der Waals surface area contributed by atoms with E-state index < -0.39 is 22.0 Å². The van der Waals surface area contributed by atoms with Crippen molar-refractivity contribution in [3.63, 3.8) is 0 Å². The van der Waals surface area contributed by atoms with E-state index in [1.54, 1.807) is 6.92 Å². The molecule has 0 radical (unpaired) electrons. The van der Waals surface area contributed by atoms with Crippen molar-refractivity contribution in [1.82, 2.24) is 4.31 Å². The molecule has 1 atom stereocenters. The summed E-state index contributed by atoms with van der Waals surface area (Å²) in [6, 6.07) is 6.20. The van der Waals surface area contributed by atoms with Crippen LogP contribution in [-0.2, 0) is 14.8 Å². The highest BCUT2D eigenvalue weighted by atomic mass is 32.2. The van der Waals surface area contributed by atoms with Crippen molar-refractivity contribution in [3.8, 4) is 6.07 Å². The Morgan fingerprint density at radius 1 is 1.53 bits per heavy atom. The molecule has 0 aliphatic heterocycles. The van der Waals surface area contributed by atoms with Gasteiger partial charge in [-0.15, -0.1) is 0 Å². The highest BCUT2D eigenvalue weighted by Gasteiger charge is 2.31. The summed E-state index contributed by atoms with van der Waals surface area (Å²) in [6.45, 7) is 1.59. The van der Waals surface area contributed by atoms with Crippen LogP contribution in [0.5, 0.6) is 0 Å². The Morgan fingerprint density at radius 3 is 2.63 bits per heavy atom. The van der Waals surface area contributed by atoms with Gasteiger partial charge in [0.1, 0.15) is 6.04 Å². The van der Waals surface area contributed by atoms with E-state index in [2.05, 4.69) is 0 Å². The largest absolute Gasteiger partial charge is 0.480 e. The molecule has 1 aromatic rings. The molecule has 0 aliphatic rings. The Bertz CT molecular complexity index is 619. The van der Waals surface area contributed by atoms with Crippen molar-refractivity contribution in [2.24, 2.45) is 0 Å². The predicted molar refractivity (Wildman–Crippen MR) is 67.8 cm³/mol. The normalized spacial score (nSPS) is 12.9.